The Hall–Kier alpha value is -2.36. The van der Waals surface area contributed by atoms with Crippen LogP contribution in [0.4, 0.5) is 0 Å². The third-order valence-electron chi connectivity index (χ3n) is 2.46. The Morgan fingerprint density at radius 3 is 2.17 bits per heavy atom. The lowest BCUT2D eigenvalue weighted by molar-refractivity contribution is 0.371. The molecule has 2 aromatic rings. The van der Waals surface area contributed by atoms with Crippen LogP contribution in [0.2, 0.25) is 0 Å². The molecule has 2 aromatic carbocycles. The van der Waals surface area contributed by atoms with Gasteiger partial charge in [0.15, 0.2) is 11.5 Å². The summed E-state index contributed by atoms with van der Waals surface area (Å²) in [6.07, 6.45) is 0. The topological polar surface area (TPSA) is 69.9 Å². The summed E-state index contributed by atoms with van der Waals surface area (Å²) in [5.41, 5.74) is 1.60. The Balaban J connectivity index is 2.39. The van der Waals surface area contributed by atoms with Gasteiger partial charge in [0.25, 0.3) is 0 Å². The summed E-state index contributed by atoms with van der Waals surface area (Å²) < 4.78 is 5.46. The van der Waals surface area contributed by atoms with Crippen LogP contribution in [0.15, 0.2) is 30.3 Å². The standard InChI is InChI=1S/C14H14O4/c1-8-3-10(15)7-11(4-8)18-13-6-9(2)5-12(16)14(13)17/h3-7,15-17H,1-2H3. The molecule has 0 aliphatic rings. The van der Waals surface area contributed by atoms with Crippen molar-refractivity contribution in [3.8, 4) is 28.7 Å². The molecule has 0 saturated heterocycles. The van der Waals surface area contributed by atoms with Crippen LogP contribution in [0.25, 0.3) is 0 Å². The summed E-state index contributed by atoms with van der Waals surface area (Å²) in [5.74, 6) is 0.0788. The summed E-state index contributed by atoms with van der Waals surface area (Å²) in [6, 6.07) is 7.80. The quantitative estimate of drug-likeness (QED) is 0.711. The number of rotatable bonds is 2. The van der Waals surface area contributed by atoms with Gasteiger partial charge in [-0.05, 0) is 49.2 Å². The van der Waals surface area contributed by atoms with Gasteiger partial charge in [0.05, 0.1) is 0 Å². The van der Waals surface area contributed by atoms with E-state index in [1.165, 1.54) is 12.1 Å². The van der Waals surface area contributed by atoms with Gasteiger partial charge in [0.1, 0.15) is 11.5 Å². The lowest BCUT2D eigenvalue weighted by atomic mass is 10.2. The van der Waals surface area contributed by atoms with Crippen LogP contribution in [0.1, 0.15) is 11.1 Å². The maximum atomic E-state index is 9.68. The summed E-state index contributed by atoms with van der Waals surface area (Å²) >= 11 is 0. The fourth-order valence-corrected chi connectivity index (χ4v) is 1.72. The lowest BCUT2D eigenvalue weighted by Gasteiger charge is -2.10. The van der Waals surface area contributed by atoms with E-state index in [0.29, 0.717) is 5.75 Å². The first-order valence-electron chi connectivity index (χ1n) is 5.47. The Kier molecular flexibility index (Phi) is 3.02. The minimum Gasteiger partial charge on any atom is -0.508 e. The van der Waals surface area contributed by atoms with Crippen molar-refractivity contribution in [2.75, 3.05) is 0 Å². The van der Waals surface area contributed by atoms with Crippen molar-refractivity contribution < 1.29 is 20.1 Å². The predicted molar refractivity (Wildman–Crippen MR) is 67.4 cm³/mol. The molecule has 0 aromatic heterocycles. The average molecular weight is 246 g/mol. The van der Waals surface area contributed by atoms with Gasteiger partial charge >= 0.3 is 0 Å². The minimum atomic E-state index is -0.318. The van der Waals surface area contributed by atoms with E-state index < -0.39 is 0 Å². The zero-order valence-corrected chi connectivity index (χ0v) is 10.1. The normalized spacial score (nSPS) is 10.3. The number of phenolic OH excluding ortho intramolecular Hbond substituents is 3. The molecule has 0 aliphatic heterocycles. The van der Waals surface area contributed by atoms with E-state index in [9.17, 15) is 15.3 Å². The zero-order chi connectivity index (χ0) is 13.3. The second kappa shape index (κ2) is 4.49. The molecule has 2 rings (SSSR count). The third-order valence-corrected chi connectivity index (χ3v) is 2.46. The van der Waals surface area contributed by atoms with Crippen molar-refractivity contribution in [1.82, 2.24) is 0 Å². The molecule has 0 bridgehead atoms. The number of ether oxygens (including phenoxy) is 1. The van der Waals surface area contributed by atoms with Crippen LogP contribution in [0.3, 0.4) is 0 Å². The van der Waals surface area contributed by atoms with E-state index in [4.69, 9.17) is 4.74 Å². The highest BCUT2D eigenvalue weighted by molar-refractivity contribution is 5.53. The van der Waals surface area contributed by atoms with E-state index in [0.717, 1.165) is 11.1 Å². The second-order valence-corrected chi connectivity index (χ2v) is 4.24. The molecule has 0 unspecified atom stereocenters. The van der Waals surface area contributed by atoms with Crippen LogP contribution >= 0.6 is 0 Å². The Bertz CT molecular complexity index is 570. The fraction of sp³-hybridized carbons (Fsp3) is 0.143. The minimum absolute atomic E-state index is 0.0846. The first-order valence-corrected chi connectivity index (χ1v) is 5.47. The molecule has 0 saturated carbocycles. The molecular weight excluding hydrogens is 232 g/mol. The van der Waals surface area contributed by atoms with E-state index >= 15 is 0 Å². The van der Waals surface area contributed by atoms with Crippen molar-refractivity contribution >= 4 is 0 Å². The van der Waals surface area contributed by atoms with Gasteiger partial charge in [0, 0.05) is 6.07 Å². The van der Waals surface area contributed by atoms with Crippen molar-refractivity contribution in [3.63, 3.8) is 0 Å². The molecule has 0 fully saturated rings. The van der Waals surface area contributed by atoms with Crippen LogP contribution in [-0.2, 0) is 0 Å². The molecule has 4 nitrogen and oxygen atoms in total. The number of aromatic hydroxyl groups is 3. The summed E-state index contributed by atoms with van der Waals surface area (Å²) in [4.78, 5) is 0. The summed E-state index contributed by atoms with van der Waals surface area (Å²) in [5, 5.41) is 28.6. The van der Waals surface area contributed by atoms with Gasteiger partial charge in [-0.25, -0.2) is 0 Å². The van der Waals surface area contributed by atoms with E-state index in [2.05, 4.69) is 0 Å². The molecule has 0 radical (unpaired) electrons. The molecule has 0 amide bonds. The fourth-order valence-electron chi connectivity index (χ4n) is 1.72. The van der Waals surface area contributed by atoms with Crippen LogP contribution in [0.5, 0.6) is 28.7 Å². The maximum absolute atomic E-state index is 9.68. The average Bonchev–Trinajstić information content (AvgIpc) is 2.23. The molecule has 4 heteroatoms. The molecule has 18 heavy (non-hydrogen) atoms. The first kappa shape index (κ1) is 12.1. The molecule has 0 atom stereocenters. The van der Waals surface area contributed by atoms with Gasteiger partial charge in [-0.1, -0.05) is 0 Å². The van der Waals surface area contributed by atoms with Gasteiger partial charge in [0.2, 0.25) is 5.75 Å². The molecule has 94 valence electrons. The molecule has 0 spiro atoms. The van der Waals surface area contributed by atoms with Crippen LogP contribution in [-0.4, -0.2) is 15.3 Å². The highest BCUT2D eigenvalue weighted by Crippen LogP contribution is 2.39. The van der Waals surface area contributed by atoms with Crippen molar-refractivity contribution in [2.24, 2.45) is 0 Å². The Morgan fingerprint density at radius 1 is 0.833 bits per heavy atom. The monoisotopic (exact) mass is 246 g/mol. The number of hydrogen-bond donors (Lipinski definition) is 3. The number of phenols is 3. The van der Waals surface area contributed by atoms with Crippen molar-refractivity contribution in [2.45, 2.75) is 13.8 Å². The van der Waals surface area contributed by atoms with E-state index in [1.807, 2.05) is 6.92 Å². The van der Waals surface area contributed by atoms with Crippen molar-refractivity contribution in [3.05, 3.63) is 41.5 Å². The number of benzene rings is 2. The van der Waals surface area contributed by atoms with E-state index in [1.54, 1.807) is 25.1 Å². The van der Waals surface area contributed by atoms with Gasteiger partial charge in [-0.3, -0.25) is 0 Å². The molecule has 3 N–H and O–H groups in total. The summed E-state index contributed by atoms with van der Waals surface area (Å²) in [6.45, 7) is 3.60. The van der Waals surface area contributed by atoms with Crippen LogP contribution < -0.4 is 4.74 Å². The highest BCUT2D eigenvalue weighted by atomic mass is 16.5. The van der Waals surface area contributed by atoms with Gasteiger partial charge in [-0.2, -0.15) is 0 Å². The molecular formula is C14H14O4. The molecule has 0 heterocycles. The molecule has 0 aliphatic carbocycles. The van der Waals surface area contributed by atoms with Gasteiger partial charge < -0.3 is 20.1 Å². The number of aryl methyl sites for hydroxylation is 2. The van der Waals surface area contributed by atoms with Crippen LogP contribution in [0, 0.1) is 13.8 Å². The highest BCUT2D eigenvalue weighted by Gasteiger charge is 2.10. The second-order valence-electron chi connectivity index (χ2n) is 4.24. The zero-order valence-electron chi connectivity index (χ0n) is 10.1. The predicted octanol–water partition coefficient (Wildman–Crippen LogP) is 3.21. The lowest BCUT2D eigenvalue weighted by Crippen LogP contribution is -1.87. The first-order chi connectivity index (χ1) is 8.45. The van der Waals surface area contributed by atoms with Crippen molar-refractivity contribution in [1.29, 1.82) is 0 Å². The summed E-state index contributed by atoms with van der Waals surface area (Å²) in [7, 11) is 0. The maximum Gasteiger partial charge on any atom is 0.201 e. The smallest absolute Gasteiger partial charge is 0.201 e. The Labute approximate surface area is 105 Å². The SMILES string of the molecule is Cc1cc(O)cc(Oc2cc(C)cc(O)c2O)c1. The third kappa shape index (κ3) is 2.48. The largest absolute Gasteiger partial charge is 0.508 e. The number of hydrogen-bond acceptors (Lipinski definition) is 4. The Morgan fingerprint density at radius 2 is 1.50 bits per heavy atom. The van der Waals surface area contributed by atoms with Gasteiger partial charge in [-0.15, -0.1) is 0 Å². The van der Waals surface area contributed by atoms with E-state index in [-0.39, 0.29) is 23.0 Å².